The van der Waals surface area contributed by atoms with Crippen LogP contribution in [0.25, 0.3) is 0 Å². The Kier molecular flexibility index (Phi) is 5.37. The number of H-pyrrole nitrogens is 1. The first-order chi connectivity index (χ1) is 12.5. The fraction of sp³-hybridized carbons (Fsp3) is 0.238. The predicted molar refractivity (Wildman–Crippen MR) is 102 cm³/mol. The average Bonchev–Trinajstić information content (AvgIpc) is 2.60. The van der Waals surface area contributed by atoms with Crippen LogP contribution in [0, 0.1) is 13.8 Å². The van der Waals surface area contributed by atoms with Gasteiger partial charge in [-0.1, -0.05) is 48.0 Å². The van der Waals surface area contributed by atoms with Gasteiger partial charge in [0.1, 0.15) is 12.4 Å². The van der Waals surface area contributed by atoms with Crippen molar-refractivity contribution in [2.75, 3.05) is 6.61 Å². The summed E-state index contributed by atoms with van der Waals surface area (Å²) in [6, 6.07) is 17.8. The van der Waals surface area contributed by atoms with Gasteiger partial charge in [0.05, 0.1) is 6.54 Å². The fourth-order valence-electron chi connectivity index (χ4n) is 2.96. The van der Waals surface area contributed by atoms with Gasteiger partial charge in [0, 0.05) is 18.2 Å². The molecule has 2 aromatic carbocycles. The number of rotatable bonds is 6. The van der Waals surface area contributed by atoms with E-state index in [1.165, 1.54) is 21.8 Å². The molecule has 3 aromatic rings. The fourth-order valence-corrected chi connectivity index (χ4v) is 2.96. The van der Waals surface area contributed by atoms with Crippen molar-refractivity contribution >= 4 is 0 Å². The summed E-state index contributed by atoms with van der Waals surface area (Å²) in [6.45, 7) is 4.52. The molecular weight excluding hydrogens is 328 g/mol. The average molecular weight is 350 g/mol. The maximum atomic E-state index is 11.9. The van der Waals surface area contributed by atoms with Crippen molar-refractivity contribution in [2.24, 2.45) is 0 Å². The van der Waals surface area contributed by atoms with Crippen molar-refractivity contribution in [3.8, 4) is 5.75 Å². The molecule has 3 rings (SSSR count). The zero-order valence-corrected chi connectivity index (χ0v) is 15.0. The van der Waals surface area contributed by atoms with Crippen LogP contribution in [0.4, 0.5) is 0 Å². The molecule has 0 unspecified atom stereocenters. The van der Waals surface area contributed by atoms with Gasteiger partial charge in [-0.15, -0.1) is 0 Å². The summed E-state index contributed by atoms with van der Waals surface area (Å²) in [5.41, 5.74) is 3.34. The van der Waals surface area contributed by atoms with Gasteiger partial charge in [-0.2, -0.15) is 0 Å². The van der Waals surface area contributed by atoms with E-state index >= 15 is 0 Å². The van der Waals surface area contributed by atoms with Crippen molar-refractivity contribution < 1.29 is 4.74 Å². The molecule has 0 aliphatic carbocycles. The van der Waals surface area contributed by atoms with Crippen LogP contribution in [0.5, 0.6) is 5.75 Å². The number of nitrogens with zero attached hydrogens (tertiary/aromatic N) is 1. The third-order valence-corrected chi connectivity index (χ3v) is 4.27. The van der Waals surface area contributed by atoms with E-state index in [0.29, 0.717) is 18.8 Å². The minimum absolute atomic E-state index is 0.345. The summed E-state index contributed by atoms with van der Waals surface area (Å²) in [4.78, 5) is 25.5. The molecule has 0 saturated carbocycles. The van der Waals surface area contributed by atoms with E-state index in [0.717, 1.165) is 17.7 Å². The minimum atomic E-state index is -0.410. The molecule has 1 aromatic heterocycles. The molecule has 134 valence electrons. The van der Waals surface area contributed by atoms with Gasteiger partial charge in [0.2, 0.25) is 0 Å². The Labute approximate surface area is 151 Å². The first kappa shape index (κ1) is 17.7. The van der Waals surface area contributed by atoms with Gasteiger partial charge in [-0.25, -0.2) is 4.79 Å². The van der Waals surface area contributed by atoms with Crippen molar-refractivity contribution in [1.29, 1.82) is 0 Å². The molecule has 0 amide bonds. The van der Waals surface area contributed by atoms with Gasteiger partial charge in [-0.05, 0) is 31.0 Å². The van der Waals surface area contributed by atoms with E-state index < -0.39 is 5.69 Å². The van der Waals surface area contributed by atoms with Crippen LogP contribution < -0.4 is 16.0 Å². The summed E-state index contributed by atoms with van der Waals surface area (Å²) >= 11 is 0. The third kappa shape index (κ3) is 4.30. The number of ether oxygens (including phenoxy) is 1. The lowest BCUT2D eigenvalue weighted by molar-refractivity contribution is 0.291. The molecule has 0 saturated heterocycles. The lowest BCUT2D eigenvalue weighted by Gasteiger charge is -2.14. The van der Waals surface area contributed by atoms with E-state index in [1.807, 2.05) is 30.3 Å². The number of hydrogen-bond acceptors (Lipinski definition) is 3. The zero-order valence-electron chi connectivity index (χ0n) is 15.0. The van der Waals surface area contributed by atoms with E-state index in [-0.39, 0.29) is 5.56 Å². The lowest BCUT2D eigenvalue weighted by atomic mass is 10.0. The summed E-state index contributed by atoms with van der Waals surface area (Å²) in [5, 5.41) is 0. The highest BCUT2D eigenvalue weighted by Crippen LogP contribution is 2.23. The Morgan fingerprint density at radius 3 is 2.50 bits per heavy atom. The predicted octanol–water partition coefficient (Wildman–Crippen LogP) is 2.82. The van der Waals surface area contributed by atoms with E-state index in [1.54, 1.807) is 6.92 Å². The monoisotopic (exact) mass is 350 g/mol. The largest absolute Gasteiger partial charge is 0.491 e. The van der Waals surface area contributed by atoms with Crippen LogP contribution in [0.2, 0.25) is 0 Å². The van der Waals surface area contributed by atoms with Crippen molar-refractivity contribution in [2.45, 2.75) is 26.8 Å². The molecule has 0 aliphatic rings. The molecule has 0 aliphatic heterocycles. The maximum Gasteiger partial charge on any atom is 0.328 e. The second-order valence-electron chi connectivity index (χ2n) is 6.35. The van der Waals surface area contributed by atoms with Crippen LogP contribution >= 0.6 is 0 Å². The Morgan fingerprint density at radius 2 is 1.77 bits per heavy atom. The molecule has 1 heterocycles. The minimum Gasteiger partial charge on any atom is -0.491 e. The van der Waals surface area contributed by atoms with Gasteiger partial charge in [0.25, 0.3) is 5.56 Å². The highest BCUT2D eigenvalue weighted by Gasteiger charge is 2.07. The van der Waals surface area contributed by atoms with Crippen LogP contribution in [0.1, 0.15) is 22.4 Å². The van der Waals surface area contributed by atoms with E-state index in [2.05, 4.69) is 30.1 Å². The summed E-state index contributed by atoms with van der Waals surface area (Å²) in [6.07, 6.45) is 0.787. The number of aryl methyl sites for hydroxylation is 2. The zero-order chi connectivity index (χ0) is 18.5. The quantitative estimate of drug-likeness (QED) is 0.743. The Morgan fingerprint density at radius 1 is 1.00 bits per heavy atom. The molecule has 5 nitrogen and oxygen atoms in total. The van der Waals surface area contributed by atoms with Gasteiger partial charge >= 0.3 is 5.69 Å². The Hall–Kier alpha value is -3.08. The van der Waals surface area contributed by atoms with Crippen molar-refractivity contribution in [1.82, 2.24) is 9.55 Å². The van der Waals surface area contributed by atoms with E-state index in [9.17, 15) is 9.59 Å². The summed E-state index contributed by atoms with van der Waals surface area (Å²) in [7, 11) is 0. The Balaban J connectivity index is 1.74. The molecule has 1 N–H and O–H groups in total. The highest BCUT2D eigenvalue weighted by atomic mass is 16.5. The summed E-state index contributed by atoms with van der Waals surface area (Å²) in [5.74, 6) is 0.814. The van der Waals surface area contributed by atoms with Crippen LogP contribution in [0.3, 0.4) is 0 Å². The van der Waals surface area contributed by atoms with Gasteiger partial charge in [-0.3, -0.25) is 14.3 Å². The lowest BCUT2D eigenvalue weighted by Crippen LogP contribution is -2.32. The highest BCUT2D eigenvalue weighted by molar-refractivity contribution is 5.40. The van der Waals surface area contributed by atoms with Gasteiger partial charge in [0.15, 0.2) is 0 Å². The first-order valence-corrected chi connectivity index (χ1v) is 8.60. The second kappa shape index (κ2) is 7.87. The third-order valence-electron chi connectivity index (χ3n) is 4.27. The number of aromatic amines is 1. The number of hydrogen-bond donors (Lipinski definition) is 1. The summed E-state index contributed by atoms with van der Waals surface area (Å²) < 4.78 is 7.46. The van der Waals surface area contributed by atoms with Crippen LogP contribution in [-0.2, 0) is 13.0 Å². The van der Waals surface area contributed by atoms with E-state index in [4.69, 9.17) is 4.74 Å². The molecule has 0 atom stereocenters. The SMILES string of the molecule is Cc1ccc(OCCn2c(C)cc(=O)[nH]c2=O)c(Cc2ccccc2)c1. The molecule has 5 heteroatoms. The van der Waals surface area contributed by atoms with Crippen molar-refractivity contribution in [3.05, 3.63) is 97.8 Å². The topological polar surface area (TPSA) is 64.1 Å². The van der Waals surface area contributed by atoms with Crippen LogP contribution in [-0.4, -0.2) is 16.2 Å². The standard InChI is InChI=1S/C21H22N2O3/c1-15-8-9-19(18(12-15)14-17-6-4-3-5-7-17)26-11-10-23-16(2)13-20(24)22-21(23)25/h3-9,12-13H,10-11,14H2,1-2H3,(H,22,24,25). The molecule has 0 radical (unpaired) electrons. The maximum absolute atomic E-state index is 11.9. The van der Waals surface area contributed by atoms with Crippen LogP contribution in [0.15, 0.2) is 64.2 Å². The smallest absolute Gasteiger partial charge is 0.328 e. The normalized spacial score (nSPS) is 10.7. The molecule has 0 fully saturated rings. The molecule has 0 spiro atoms. The van der Waals surface area contributed by atoms with Gasteiger partial charge < -0.3 is 4.74 Å². The Bertz CT molecular complexity index is 1000. The van der Waals surface area contributed by atoms with Crippen molar-refractivity contribution in [3.63, 3.8) is 0 Å². The number of aromatic nitrogens is 2. The number of benzene rings is 2. The number of nitrogens with one attached hydrogen (secondary N) is 1. The molecule has 26 heavy (non-hydrogen) atoms. The first-order valence-electron chi connectivity index (χ1n) is 8.60. The molecule has 0 bridgehead atoms. The molecular formula is C21H22N2O3. The second-order valence-corrected chi connectivity index (χ2v) is 6.35.